The van der Waals surface area contributed by atoms with Gasteiger partial charge in [0.2, 0.25) is 0 Å². The molecule has 26 heavy (non-hydrogen) atoms. The fourth-order valence-corrected chi connectivity index (χ4v) is 3.57. The van der Waals surface area contributed by atoms with Crippen molar-refractivity contribution in [2.45, 2.75) is 26.4 Å². The van der Waals surface area contributed by atoms with Gasteiger partial charge in [0, 0.05) is 51.0 Å². The van der Waals surface area contributed by atoms with Gasteiger partial charge in [-0.25, -0.2) is 4.98 Å². The molecule has 0 N–H and O–H groups in total. The number of aromatic nitrogens is 2. The van der Waals surface area contributed by atoms with Crippen LogP contribution in [0.25, 0.3) is 0 Å². The Morgan fingerprint density at radius 1 is 1.27 bits per heavy atom. The molecule has 0 spiro atoms. The van der Waals surface area contributed by atoms with Crippen LogP contribution in [0.2, 0.25) is 5.02 Å². The number of hydrogen-bond donors (Lipinski definition) is 0. The molecule has 140 valence electrons. The van der Waals surface area contributed by atoms with Crippen LogP contribution in [0.15, 0.2) is 30.7 Å². The third kappa shape index (κ3) is 4.19. The highest BCUT2D eigenvalue weighted by Crippen LogP contribution is 2.25. The average molecular weight is 377 g/mol. The second-order valence-electron chi connectivity index (χ2n) is 6.44. The maximum absolute atomic E-state index is 12.8. The van der Waals surface area contributed by atoms with Crippen LogP contribution in [0.4, 0.5) is 0 Å². The molecule has 6 nitrogen and oxygen atoms in total. The highest BCUT2D eigenvalue weighted by atomic mass is 35.5. The molecule has 0 bridgehead atoms. The lowest BCUT2D eigenvalue weighted by molar-refractivity contribution is 0.0761. The van der Waals surface area contributed by atoms with Gasteiger partial charge in [-0.2, -0.15) is 0 Å². The summed E-state index contributed by atoms with van der Waals surface area (Å²) < 4.78 is 7.32. The Bertz CT molecular complexity index is 762. The van der Waals surface area contributed by atoms with Gasteiger partial charge in [0.15, 0.2) is 0 Å². The largest absolute Gasteiger partial charge is 0.495 e. The molecule has 0 unspecified atom stereocenters. The van der Waals surface area contributed by atoms with Crippen LogP contribution in [-0.2, 0) is 13.1 Å². The van der Waals surface area contributed by atoms with Gasteiger partial charge in [-0.05, 0) is 31.5 Å². The van der Waals surface area contributed by atoms with Crippen LogP contribution >= 0.6 is 11.6 Å². The van der Waals surface area contributed by atoms with Crippen LogP contribution in [-0.4, -0.2) is 58.5 Å². The fraction of sp³-hybridized carbons (Fsp3) is 0.474. The minimum absolute atomic E-state index is 0.0232. The van der Waals surface area contributed by atoms with Crippen molar-refractivity contribution in [2.75, 3.05) is 33.3 Å². The zero-order chi connectivity index (χ0) is 18.5. The lowest BCUT2D eigenvalue weighted by Gasteiger charge is -2.22. The van der Waals surface area contributed by atoms with Crippen LogP contribution in [0.1, 0.15) is 29.4 Å². The molecule has 1 aromatic carbocycles. The van der Waals surface area contributed by atoms with Crippen LogP contribution in [0.5, 0.6) is 5.75 Å². The summed E-state index contributed by atoms with van der Waals surface area (Å²) in [4.78, 5) is 21.4. The number of carbonyl (C=O) groups excluding carboxylic acids is 1. The van der Waals surface area contributed by atoms with Gasteiger partial charge in [0.1, 0.15) is 5.75 Å². The van der Waals surface area contributed by atoms with Crippen LogP contribution in [0.3, 0.4) is 0 Å². The van der Waals surface area contributed by atoms with Gasteiger partial charge in [0.05, 0.1) is 24.2 Å². The Morgan fingerprint density at radius 3 is 2.85 bits per heavy atom. The molecule has 0 atom stereocenters. The van der Waals surface area contributed by atoms with Gasteiger partial charge in [-0.3, -0.25) is 9.69 Å². The summed E-state index contributed by atoms with van der Waals surface area (Å²) >= 11 is 6.16. The molecule has 1 amide bonds. The maximum Gasteiger partial charge on any atom is 0.253 e. The number of nitrogens with zero attached hydrogens (tertiary/aromatic N) is 4. The topological polar surface area (TPSA) is 50.6 Å². The van der Waals surface area contributed by atoms with Crippen molar-refractivity contribution in [1.29, 1.82) is 0 Å². The molecule has 1 aliphatic rings. The monoisotopic (exact) mass is 376 g/mol. The molecule has 0 radical (unpaired) electrons. The standard InChI is InChI=1S/C19H25ClN4O2/c1-3-23-14-21-12-16(23)13-22-7-4-8-24(10-9-22)19(25)15-5-6-18(26-2)17(20)11-15/h5-6,11-12,14H,3-4,7-10,13H2,1-2H3. The van der Waals surface area contributed by atoms with Crippen molar-refractivity contribution in [2.24, 2.45) is 0 Å². The number of hydrogen-bond acceptors (Lipinski definition) is 4. The Morgan fingerprint density at radius 2 is 2.12 bits per heavy atom. The Labute approximate surface area is 159 Å². The van der Waals surface area contributed by atoms with Gasteiger partial charge < -0.3 is 14.2 Å². The zero-order valence-electron chi connectivity index (χ0n) is 15.3. The third-order valence-corrected chi connectivity index (χ3v) is 5.09. The van der Waals surface area contributed by atoms with Gasteiger partial charge >= 0.3 is 0 Å². The molecule has 0 aliphatic carbocycles. The molecule has 1 aromatic heterocycles. The van der Waals surface area contributed by atoms with Crippen LogP contribution in [0, 0.1) is 0 Å². The summed E-state index contributed by atoms with van der Waals surface area (Å²) in [6.45, 7) is 7.20. The lowest BCUT2D eigenvalue weighted by atomic mass is 10.2. The van der Waals surface area contributed by atoms with Crippen molar-refractivity contribution in [3.63, 3.8) is 0 Å². The van der Waals surface area contributed by atoms with Crippen LogP contribution < -0.4 is 4.74 Å². The number of rotatable bonds is 5. The maximum atomic E-state index is 12.8. The Hall–Kier alpha value is -2.05. The quantitative estimate of drug-likeness (QED) is 0.805. The molecular weight excluding hydrogens is 352 g/mol. The molecule has 7 heteroatoms. The summed E-state index contributed by atoms with van der Waals surface area (Å²) in [6, 6.07) is 5.20. The SMILES string of the molecule is CCn1cncc1CN1CCCN(C(=O)c2ccc(OC)c(Cl)c2)CC1. The molecule has 1 aliphatic heterocycles. The summed E-state index contributed by atoms with van der Waals surface area (Å²) in [7, 11) is 1.57. The number of amides is 1. The van der Waals surface area contributed by atoms with E-state index >= 15 is 0 Å². The van der Waals surface area contributed by atoms with E-state index in [4.69, 9.17) is 16.3 Å². The van der Waals surface area contributed by atoms with Crippen molar-refractivity contribution in [1.82, 2.24) is 19.4 Å². The second kappa shape index (κ2) is 8.56. The lowest BCUT2D eigenvalue weighted by Crippen LogP contribution is -2.35. The first-order valence-corrected chi connectivity index (χ1v) is 9.34. The minimum Gasteiger partial charge on any atom is -0.495 e. The number of halogens is 1. The van der Waals surface area contributed by atoms with E-state index in [0.29, 0.717) is 22.9 Å². The summed E-state index contributed by atoms with van der Waals surface area (Å²) in [5.41, 5.74) is 1.82. The highest BCUT2D eigenvalue weighted by Gasteiger charge is 2.21. The van der Waals surface area contributed by atoms with Crippen molar-refractivity contribution < 1.29 is 9.53 Å². The van der Waals surface area contributed by atoms with Crippen molar-refractivity contribution in [3.8, 4) is 5.75 Å². The number of carbonyl (C=O) groups is 1. The second-order valence-corrected chi connectivity index (χ2v) is 6.85. The smallest absolute Gasteiger partial charge is 0.253 e. The summed E-state index contributed by atoms with van der Waals surface area (Å²) in [5.74, 6) is 0.604. The highest BCUT2D eigenvalue weighted by molar-refractivity contribution is 6.32. The van der Waals surface area contributed by atoms with E-state index in [1.807, 2.05) is 17.4 Å². The van der Waals surface area contributed by atoms with Gasteiger partial charge in [-0.15, -0.1) is 0 Å². The van der Waals surface area contributed by atoms with E-state index < -0.39 is 0 Å². The first-order valence-electron chi connectivity index (χ1n) is 8.96. The summed E-state index contributed by atoms with van der Waals surface area (Å²) in [5, 5.41) is 0.461. The van der Waals surface area contributed by atoms with Gasteiger partial charge in [-0.1, -0.05) is 11.6 Å². The van der Waals surface area contributed by atoms with Crippen molar-refractivity contribution >= 4 is 17.5 Å². The number of aryl methyl sites for hydroxylation is 1. The number of imidazole rings is 1. The van der Waals surface area contributed by atoms with Crippen molar-refractivity contribution in [3.05, 3.63) is 47.0 Å². The number of ether oxygens (including phenoxy) is 1. The molecule has 3 rings (SSSR count). The first kappa shape index (κ1) is 18.7. The molecule has 2 heterocycles. The molecule has 2 aromatic rings. The van der Waals surface area contributed by atoms with E-state index in [9.17, 15) is 4.79 Å². The van der Waals surface area contributed by atoms with E-state index in [1.54, 1.807) is 25.3 Å². The van der Waals surface area contributed by atoms with E-state index in [-0.39, 0.29) is 5.91 Å². The van der Waals surface area contributed by atoms with E-state index in [2.05, 4.69) is 21.4 Å². The number of benzene rings is 1. The Balaban J connectivity index is 1.63. The normalized spacial score (nSPS) is 15.7. The summed E-state index contributed by atoms with van der Waals surface area (Å²) in [6.07, 6.45) is 4.75. The predicted molar refractivity (Wildman–Crippen MR) is 102 cm³/mol. The first-order chi connectivity index (χ1) is 12.6. The predicted octanol–water partition coefficient (Wildman–Crippen LogP) is 2.91. The molecular formula is C19H25ClN4O2. The van der Waals surface area contributed by atoms with Gasteiger partial charge in [0.25, 0.3) is 5.91 Å². The average Bonchev–Trinajstić information content (AvgIpc) is 2.97. The minimum atomic E-state index is 0.0232. The Kier molecular flexibility index (Phi) is 6.16. The number of methoxy groups -OCH3 is 1. The third-order valence-electron chi connectivity index (χ3n) is 4.80. The zero-order valence-corrected chi connectivity index (χ0v) is 16.1. The van der Waals surface area contributed by atoms with E-state index in [1.165, 1.54) is 5.69 Å². The molecule has 1 saturated heterocycles. The molecule has 1 fully saturated rings. The molecule has 0 saturated carbocycles. The van der Waals surface area contributed by atoms with E-state index in [0.717, 1.165) is 39.1 Å². The fourth-order valence-electron chi connectivity index (χ4n) is 3.31.